The van der Waals surface area contributed by atoms with Crippen LogP contribution in [0.1, 0.15) is 25.7 Å². The lowest BCUT2D eigenvalue weighted by Gasteiger charge is -2.06. The number of nitrogens with zero attached hydrogens (tertiary/aromatic N) is 4. The first kappa shape index (κ1) is 22.4. The van der Waals surface area contributed by atoms with Gasteiger partial charge in [-0.1, -0.05) is 48.9 Å². The van der Waals surface area contributed by atoms with Crippen molar-refractivity contribution in [3.05, 3.63) is 84.9 Å². The van der Waals surface area contributed by atoms with E-state index in [0.29, 0.717) is 24.5 Å². The van der Waals surface area contributed by atoms with Crippen LogP contribution in [0.4, 0.5) is 0 Å². The summed E-state index contributed by atoms with van der Waals surface area (Å²) >= 11 is 0. The van der Waals surface area contributed by atoms with Crippen molar-refractivity contribution in [1.82, 2.24) is 15.0 Å². The molecule has 0 aliphatic rings. The largest absolute Gasteiger partial charge is 0.486 e. The fourth-order valence-corrected chi connectivity index (χ4v) is 3.46. The summed E-state index contributed by atoms with van der Waals surface area (Å²) in [6, 6.07) is 27.2. The van der Waals surface area contributed by atoms with Gasteiger partial charge in [-0.05, 0) is 71.7 Å². The summed E-state index contributed by atoms with van der Waals surface area (Å²) in [5.41, 5.74) is 8.10. The van der Waals surface area contributed by atoms with Crippen molar-refractivity contribution in [3.63, 3.8) is 0 Å². The minimum Gasteiger partial charge on any atom is -0.486 e. The molecule has 4 rings (SSSR count). The van der Waals surface area contributed by atoms with Crippen molar-refractivity contribution in [1.29, 1.82) is 0 Å². The van der Waals surface area contributed by atoms with Gasteiger partial charge in [-0.3, -0.25) is 4.79 Å². The summed E-state index contributed by atoms with van der Waals surface area (Å²) in [5.74, 6) is 1.26. The number of rotatable bonds is 11. The van der Waals surface area contributed by atoms with Gasteiger partial charge in [0.15, 0.2) is 11.5 Å². The summed E-state index contributed by atoms with van der Waals surface area (Å²) in [5, 5.41) is 9.51. The van der Waals surface area contributed by atoms with E-state index in [0.717, 1.165) is 36.2 Å². The van der Waals surface area contributed by atoms with Crippen LogP contribution in [0, 0.1) is 0 Å². The first-order valence-electron chi connectivity index (χ1n) is 11.2. The molecule has 7 nitrogen and oxygen atoms in total. The molecule has 4 aromatic rings. The molecule has 0 spiro atoms. The fraction of sp³-hybridized carbons (Fsp3) is 0.231. The van der Waals surface area contributed by atoms with Crippen LogP contribution in [0.3, 0.4) is 0 Å². The number of carbonyl (C=O) groups excluding carboxylic acids is 1. The minimum absolute atomic E-state index is 0.0575. The van der Waals surface area contributed by atoms with Crippen LogP contribution in [0.5, 0.6) is 5.75 Å². The maximum Gasteiger partial charge on any atom is 0.340 e. The highest BCUT2D eigenvalue weighted by atomic mass is 16.5. The number of carbonyl (C=O) groups is 1. The summed E-state index contributed by atoms with van der Waals surface area (Å²) in [7, 11) is 0. The lowest BCUT2D eigenvalue weighted by Crippen LogP contribution is -2.43. The number of tetrazole rings is 1. The molecule has 1 aromatic heterocycles. The Bertz CT molecular complexity index is 1120. The van der Waals surface area contributed by atoms with Gasteiger partial charge >= 0.3 is 5.82 Å². The molecule has 0 aliphatic heterocycles. The number of ether oxygens (including phenoxy) is 1. The van der Waals surface area contributed by atoms with Crippen LogP contribution in [0.25, 0.3) is 22.8 Å². The Labute approximate surface area is 193 Å². The number of aromatic nitrogens is 4. The predicted octanol–water partition coefficient (Wildman–Crippen LogP) is 3.68. The standard InChI is InChI=1S/C26H28N5O2/c27-18-9-3-8-16-24(32)20-33-25-17-10-11-21(19-25)26-28-30(22-12-4-1-5-13-22)31(29-26)23-14-6-2-7-15-23/h1-2,4-7,10-15,17,19H,3,8-9,16,18,20,27H2/q+1. The molecule has 0 saturated heterocycles. The van der Waals surface area contributed by atoms with E-state index in [4.69, 9.17) is 20.7 Å². The number of Topliss-reactive ketones (excluding diaryl/α,β-unsaturated/α-hetero) is 1. The molecule has 33 heavy (non-hydrogen) atoms. The number of hydrogen-bond acceptors (Lipinski definition) is 5. The molecule has 0 atom stereocenters. The molecule has 0 saturated carbocycles. The van der Waals surface area contributed by atoms with E-state index in [1.54, 1.807) is 9.59 Å². The second-order valence-corrected chi connectivity index (χ2v) is 7.73. The van der Waals surface area contributed by atoms with E-state index in [-0.39, 0.29) is 12.4 Å². The van der Waals surface area contributed by atoms with E-state index >= 15 is 0 Å². The van der Waals surface area contributed by atoms with Gasteiger partial charge < -0.3 is 10.5 Å². The van der Waals surface area contributed by atoms with E-state index in [9.17, 15) is 4.79 Å². The Balaban J connectivity index is 1.55. The first-order chi connectivity index (χ1) is 16.2. The van der Waals surface area contributed by atoms with Gasteiger partial charge in [0, 0.05) is 11.2 Å². The predicted molar refractivity (Wildman–Crippen MR) is 126 cm³/mol. The molecular formula is C26H28N5O2+. The maximum absolute atomic E-state index is 12.1. The van der Waals surface area contributed by atoms with Crippen molar-refractivity contribution < 1.29 is 14.3 Å². The Morgan fingerprint density at radius 3 is 2.42 bits per heavy atom. The Kier molecular flexibility index (Phi) is 7.56. The number of nitrogens with two attached hydrogens (primary N) is 1. The Morgan fingerprint density at radius 2 is 1.67 bits per heavy atom. The van der Waals surface area contributed by atoms with Crippen LogP contribution in [0.2, 0.25) is 0 Å². The molecular weight excluding hydrogens is 414 g/mol. The zero-order chi connectivity index (χ0) is 22.9. The normalized spacial score (nSPS) is 10.8. The molecule has 0 radical (unpaired) electrons. The fourth-order valence-electron chi connectivity index (χ4n) is 3.46. The molecule has 168 valence electrons. The zero-order valence-electron chi connectivity index (χ0n) is 18.5. The maximum atomic E-state index is 12.1. The van der Waals surface area contributed by atoms with E-state index in [1.165, 1.54) is 0 Å². The molecule has 0 amide bonds. The summed E-state index contributed by atoms with van der Waals surface area (Å²) in [6.07, 6.45) is 3.27. The topological polar surface area (TPSA) is 86.9 Å². The smallest absolute Gasteiger partial charge is 0.340 e. The van der Waals surface area contributed by atoms with E-state index in [1.807, 2.05) is 84.9 Å². The molecule has 0 fully saturated rings. The van der Waals surface area contributed by atoms with Gasteiger partial charge in [-0.2, -0.15) is 0 Å². The number of unbranched alkanes of at least 4 members (excludes halogenated alkanes) is 2. The number of ketones is 1. The van der Waals surface area contributed by atoms with Crippen molar-refractivity contribution in [2.24, 2.45) is 5.73 Å². The zero-order valence-corrected chi connectivity index (χ0v) is 18.5. The first-order valence-corrected chi connectivity index (χ1v) is 11.2. The second-order valence-electron chi connectivity index (χ2n) is 7.73. The Hall–Kier alpha value is -3.84. The molecule has 1 heterocycles. The van der Waals surface area contributed by atoms with Crippen molar-refractivity contribution in [2.75, 3.05) is 13.2 Å². The van der Waals surface area contributed by atoms with Gasteiger partial charge in [-0.25, -0.2) is 0 Å². The van der Waals surface area contributed by atoms with Crippen molar-refractivity contribution >= 4 is 5.78 Å². The third kappa shape index (κ3) is 5.90. The van der Waals surface area contributed by atoms with Crippen LogP contribution < -0.4 is 15.3 Å². The monoisotopic (exact) mass is 442 g/mol. The van der Waals surface area contributed by atoms with Gasteiger partial charge in [0.2, 0.25) is 0 Å². The van der Waals surface area contributed by atoms with Crippen LogP contribution >= 0.6 is 0 Å². The average molecular weight is 443 g/mol. The van der Waals surface area contributed by atoms with Gasteiger partial charge in [0.1, 0.15) is 18.0 Å². The molecule has 0 aliphatic carbocycles. The third-order valence-electron chi connectivity index (χ3n) is 5.18. The molecule has 2 N–H and O–H groups in total. The van der Waals surface area contributed by atoms with E-state index in [2.05, 4.69) is 0 Å². The van der Waals surface area contributed by atoms with Crippen LogP contribution in [0.15, 0.2) is 84.9 Å². The summed E-state index contributed by atoms with van der Waals surface area (Å²) in [4.78, 5) is 15.6. The highest BCUT2D eigenvalue weighted by Gasteiger charge is 2.23. The highest BCUT2D eigenvalue weighted by Crippen LogP contribution is 2.21. The van der Waals surface area contributed by atoms with Gasteiger partial charge in [-0.15, -0.1) is 0 Å². The summed E-state index contributed by atoms with van der Waals surface area (Å²) in [6.45, 7) is 0.720. The Morgan fingerprint density at radius 1 is 0.909 bits per heavy atom. The summed E-state index contributed by atoms with van der Waals surface area (Å²) < 4.78 is 5.75. The van der Waals surface area contributed by atoms with Gasteiger partial charge in [0.25, 0.3) is 0 Å². The molecule has 0 unspecified atom stereocenters. The second kappa shape index (κ2) is 11.2. The number of para-hydroxylation sites is 2. The lowest BCUT2D eigenvalue weighted by atomic mass is 10.1. The van der Waals surface area contributed by atoms with E-state index < -0.39 is 0 Å². The molecule has 7 heteroatoms. The third-order valence-corrected chi connectivity index (χ3v) is 5.18. The number of hydrogen-bond donors (Lipinski definition) is 1. The van der Waals surface area contributed by atoms with Crippen LogP contribution in [-0.2, 0) is 4.79 Å². The van der Waals surface area contributed by atoms with Crippen molar-refractivity contribution in [2.45, 2.75) is 25.7 Å². The number of benzene rings is 3. The van der Waals surface area contributed by atoms with Gasteiger partial charge in [0.05, 0.1) is 10.7 Å². The minimum atomic E-state index is 0.0575. The SMILES string of the molecule is NCCCCCC(=O)COc1cccc(-c2nn(-c3ccccc3)[n+](-c3ccccc3)n2)c1. The average Bonchev–Trinajstić information content (AvgIpc) is 3.32. The van der Waals surface area contributed by atoms with Crippen molar-refractivity contribution in [3.8, 4) is 28.5 Å². The van der Waals surface area contributed by atoms with Crippen LogP contribution in [-0.4, -0.2) is 33.9 Å². The quantitative estimate of drug-likeness (QED) is 0.283. The molecule has 0 bridgehead atoms. The highest BCUT2D eigenvalue weighted by molar-refractivity contribution is 5.79. The lowest BCUT2D eigenvalue weighted by molar-refractivity contribution is -0.734. The molecule has 3 aromatic carbocycles.